The third-order valence-electron chi connectivity index (χ3n) is 4.55. The first kappa shape index (κ1) is 15.8. The van der Waals surface area contributed by atoms with E-state index in [1.54, 1.807) is 0 Å². The van der Waals surface area contributed by atoms with E-state index >= 15 is 0 Å². The van der Waals surface area contributed by atoms with Crippen molar-refractivity contribution in [2.45, 2.75) is 77.0 Å². The van der Waals surface area contributed by atoms with Gasteiger partial charge in [-0.2, -0.15) is 0 Å². The van der Waals surface area contributed by atoms with Crippen molar-refractivity contribution in [3.8, 4) is 0 Å². The fraction of sp³-hybridized carbons (Fsp3) is 0.938. The minimum atomic E-state index is -0.326. The van der Waals surface area contributed by atoms with Gasteiger partial charge in [-0.05, 0) is 25.7 Å². The molecule has 1 amide bonds. The maximum atomic E-state index is 12.3. The minimum absolute atomic E-state index is 0.194. The number of rotatable bonds is 6. The minimum Gasteiger partial charge on any atom is -0.353 e. The van der Waals surface area contributed by atoms with E-state index in [4.69, 9.17) is 9.47 Å². The van der Waals surface area contributed by atoms with Gasteiger partial charge in [0, 0.05) is 24.8 Å². The molecule has 4 nitrogen and oxygen atoms in total. The summed E-state index contributed by atoms with van der Waals surface area (Å²) in [5.41, 5.74) is 0. The number of carbonyl (C=O) groups is 1. The zero-order chi connectivity index (χ0) is 14.4. The lowest BCUT2D eigenvalue weighted by molar-refractivity contribution is -0.180. The Hall–Kier alpha value is -0.610. The van der Waals surface area contributed by atoms with Gasteiger partial charge in [0.1, 0.15) is 0 Å². The lowest BCUT2D eigenvalue weighted by Gasteiger charge is -2.36. The van der Waals surface area contributed by atoms with E-state index in [9.17, 15) is 4.79 Å². The third kappa shape index (κ3) is 3.95. The molecule has 2 fully saturated rings. The van der Waals surface area contributed by atoms with E-state index in [-0.39, 0.29) is 17.6 Å². The van der Waals surface area contributed by atoms with E-state index in [1.807, 2.05) is 0 Å². The van der Waals surface area contributed by atoms with E-state index in [1.165, 1.54) is 0 Å². The Balaban J connectivity index is 1.77. The molecule has 1 N–H and O–H groups in total. The van der Waals surface area contributed by atoms with Crippen LogP contribution in [0.2, 0.25) is 0 Å². The second-order valence-electron chi connectivity index (χ2n) is 6.16. The Morgan fingerprint density at radius 3 is 2.20 bits per heavy atom. The molecule has 2 rings (SSSR count). The van der Waals surface area contributed by atoms with Crippen LogP contribution in [0.25, 0.3) is 0 Å². The highest BCUT2D eigenvalue weighted by Crippen LogP contribution is 2.35. The van der Waals surface area contributed by atoms with Crippen molar-refractivity contribution in [1.82, 2.24) is 5.32 Å². The molecule has 0 atom stereocenters. The molecular weight excluding hydrogens is 254 g/mol. The van der Waals surface area contributed by atoms with E-state index in [0.29, 0.717) is 19.3 Å². The summed E-state index contributed by atoms with van der Waals surface area (Å²) in [7, 11) is 0. The van der Waals surface area contributed by atoms with Gasteiger partial charge in [0.05, 0.1) is 13.2 Å². The molecule has 2 aliphatic rings. The first-order valence-corrected chi connectivity index (χ1v) is 8.27. The van der Waals surface area contributed by atoms with Crippen molar-refractivity contribution in [2.24, 2.45) is 5.92 Å². The molecular formula is C16H29NO3. The zero-order valence-corrected chi connectivity index (χ0v) is 13.0. The number of nitrogens with one attached hydrogen (secondary N) is 1. The molecule has 0 aromatic heterocycles. The molecule has 4 heteroatoms. The number of carbonyl (C=O) groups excluding carboxylic acids is 1. The molecule has 0 bridgehead atoms. The lowest BCUT2D eigenvalue weighted by atomic mass is 9.89. The highest BCUT2D eigenvalue weighted by Gasteiger charge is 2.40. The van der Waals surface area contributed by atoms with E-state index in [0.717, 1.165) is 51.4 Å². The summed E-state index contributed by atoms with van der Waals surface area (Å²) < 4.78 is 11.4. The number of hydrogen-bond acceptors (Lipinski definition) is 3. The van der Waals surface area contributed by atoms with Gasteiger partial charge in [-0.3, -0.25) is 4.79 Å². The van der Waals surface area contributed by atoms with Gasteiger partial charge in [0.25, 0.3) is 0 Å². The first-order valence-electron chi connectivity index (χ1n) is 8.27. The second kappa shape index (κ2) is 7.41. The summed E-state index contributed by atoms with van der Waals surface area (Å²) in [6.45, 7) is 5.72. The van der Waals surface area contributed by atoms with E-state index in [2.05, 4.69) is 19.2 Å². The van der Waals surface area contributed by atoms with Crippen molar-refractivity contribution in [3.63, 3.8) is 0 Å². The van der Waals surface area contributed by atoms with Crippen LogP contribution in [0, 0.1) is 5.92 Å². The van der Waals surface area contributed by atoms with Gasteiger partial charge in [0.2, 0.25) is 5.91 Å². The van der Waals surface area contributed by atoms with Gasteiger partial charge in [-0.25, -0.2) is 0 Å². The van der Waals surface area contributed by atoms with Gasteiger partial charge >= 0.3 is 0 Å². The molecule has 1 spiro atoms. The van der Waals surface area contributed by atoms with Crippen molar-refractivity contribution in [2.75, 3.05) is 13.2 Å². The number of amides is 1. The smallest absolute Gasteiger partial charge is 0.223 e. The van der Waals surface area contributed by atoms with Crippen molar-refractivity contribution in [3.05, 3.63) is 0 Å². The summed E-state index contributed by atoms with van der Waals surface area (Å²) >= 11 is 0. The monoisotopic (exact) mass is 283 g/mol. The largest absolute Gasteiger partial charge is 0.353 e. The predicted octanol–water partition coefficient (Wildman–Crippen LogP) is 3.00. The average molecular weight is 283 g/mol. The fourth-order valence-electron chi connectivity index (χ4n) is 3.41. The summed E-state index contributed by atoms with van der Waals surface area (Å²) in [6, 6.07) is 0.303. The maximum Gasteiger partial charge on any atom is 0.223 e. The fourth-order valence-corrected chi connectivity index (χ4v) is 3.41. The van der Waals surface area contributed by atoms with Gasteiger partial charge in [0.15, 0.2) is 5.79 Å². The van der Waals surface area contributed by atoms with Crippen LogP contribution in [-0.2, 0) is 14.3 Å². The Labute approximate surface area is 122 Å². The van der Waals surface area contributed by atoms with Crippen LogP contribution in [0.3, 0.4) is 0 Å². The normalized spacial score (nSPS) is 22.6. The van der Waals surface area contributed by atoms with Crippen LogP contribution in [0.5, 0.6) is 0 Å². The van der Waals surface area contributed by atoms with Crippen LogP contribution in [0.4, 0.5) is 0 Å². The summed E-state index contributed by atoms with van der Waals surface area (Å²) in [5, 5.41) is 3.24. The molecule has 20 heavy (non-hydrogen) atoms. The van der Waals surface area contributed by atoms with Crippen LogP contribution >= 0.6 is 0 Å². The summed E-state index contributed by atoms with van der Waals surface area (Å²) in [5.74, 6) is 0.121. The molecule has 116 valence electrons. The van der Waals surface area contributed by atoms with Crippen molar-refractivity contribution in [1.29, 1.82) is 0 Å². The van der Waals surface area contributed by atoms with Crippen molar-refractivity contribution >= 4 is 5.91 Å². The number of hydrogen-bond donors (Lipinski definition) is 1. The molecule has 1 aliphatic heterocycles. The van der Waals surface area contributed by atoms with E-state index < -0.39 is 0 Å². The second-order valence-corrected chi connectivity index (χ2v) is 6.16. The molecule has 1 saturated carbocycles. The molecule has 1 aliphatic carbocycles. The first-order chi connectivity index (χ1) is 9.69. The molecule has 0 radical (unpaired) electrons. The molecule has 1 saturated heterocycles. The average Bonchev–Trinajstić information content (AvgIpc) is 2.90. The standard InChI is InChI=1S/C16H29NO3/c1-3-5-13(6-4-2)15(18)17-14-7-9-16(10-8-14)19-11-12-20-16/h13-14H,3-12H2,1-2H3,(H,17,18). The Bertz CT molecular complexity index is 297. The highest BCUT2D eigenvalue weighted by atomic mass is 16.7. The van der Waals surface area contributed by atoms with Crippen LogP contribution in [-0.4, -0.2) is 30.9 Å². The van der Waals surface area contributed by atoms with Gasteiger partial charge in [-0.1, -0.05) is 26.7 Å². The number of ether oxygens (including phenoxy) is 2. The van der Waals surface area contributed by atoms with Crippen LogP contribution < -0.4 is 5.32 Å². The molecule has 0 unspecified atom stereocenters. The van der Waals surface area contributed by atoms with Gasteiger partial charge < -0.3 is 14.8 Å². The van der Waals surface area contributed by atoms with Gasteiger partial charge in [-0.15, -0.1) is 0 Å². The highest BCUT2D eigenvalue weighted by molar-refractivity contribution is 5.78. The molecule has 1 heterocycles. The summed E-state index contributed by atoms with van der Waals surface area (Å²) in [4.78, 5) is 12.3. The van der Waals surface area contributed by atoms with Crippen LogP contribution in [0.15, 0.2) is 0 Å². The lowest BCUT2D eigenvalue weighted by Crippen LogP contribution is -2.45. The summed E-state index contributed by atoms with van der Waals surface area (Å²) in [6.07, 6.45) is 7.91. The molecule has 0 aromatic carbocycles. The SMILES string of the molecule is CCCC(CCC)C(=O)NC1CCC2(CC1)OCCO2. The third-order valence-corrected chi connectivity index (χ3v) is 4.55. The zero-order valence-electron chi connectivity index (χ0n) is 13.0. The van der Waals surface area contributed by atoms with Crippen LogP contribution in [0.1, 0.15) is 65.2 Å². The van der Waals surface area contributed by atoms with Crippen molar-refractivity contribution < 1.29 is 14.3 Å². The Morgan fingerprint density at radius 1 is 1.15 bits per heavy atom. The molecule has 0 aromatic rings. The Kier molecular flexibility index (Phi) is 5.85. The maximum absolute atomic E-state index is 12.3. The topological polar surface area (TPSA) is 47.6 Å². The Morgan fingerprint density at radius 2 is 1.70 bits per heavy atom. The predicted molar refractivity (Wildman–Crippen MR) is 78.3 cm³/mol. The quantitative estimate of drug-likeness (QED) is 0.815.